The molecule has 2 aromatic rings. The maximum atomic E-state index is 12.3. The first-order valence-electron chi connectivity index (χ1n) is 7.20. The van der Waals surface area contributed by atoms with Gasteiger partial charge >= 0.3 is 0 Å². The van der Waals surface area contributed by atoms with E-state index in [0.717, 1.165) is 0 Å². The van der Waals surface area contributed by atoms with Gasteiger partial charge in [0.05, 0.1) is 19.8 Å². The van der Waals surface area contributed by atoms with E-state index in [0.29, 0.717) is 22.7 Å². The highest BCUT2D eigenvalue weighted by molar-refractivity contribution is 6.04. The smallest absolute Gasteiger partial charge is 0.255 e. The van der Waals surface area contributed by atoms with Crippen LogP contribution in [0, 0.1) is 0 Å². The molecule has 0 aliphatic heterocycles. The number of hydrogen-bond acceptors (Lipinski definition) is 5. The fourth-order valence-corrected chi connectivity index (χ4v) is 1.97. The SMILES string of the molecule is COc1cccc(NC(=O)c2cccc(NCC(O)CO)c2)c1. The lowest BCUT2D eigenvalue weighted by molar-refractivity contribution is 0.102. The van der Waals surface area contributed by atoms with Crippen molar-refractivity contribution in [1.29, 1.82) is 0 Å². The molecule has 2 aromatic carbocycles. The van der Waals surface area contributed by atoms with E-state index in [-0.39, 0.29) is 19.1 Å². The minimum Gasteiger partial charge on any atom is -0.497 e. The number of nitrogens with one attached hydrogen (secondary N) is 2. The van der Waals surface area contributed by atoms with Crippen molar-refractivity contribution in [3.63, 3.8) is 0 Å². The van der Waals surface area contributed by atoms with E-state index in [2.05, 4.69) is 10.6 Å². The number of hydrogen-bond donors (Lipinski definition) is 4. The van der Waals surface area contributed by atoms with Crippen LogP contribution in [0.25, 0.3) is 0 Å². The molecule has 0 saturated heterocycles. The number of benzene rings is 2. The van der Waals surface area contributed by atoms with E-state index in [1.165, 1.54) is 0 Å². The van der Waals surface area contributed by atoms with Gasteiger partial charge in [-0.15, -0.1) is 0 Å². The zero-order valence-electron chi connectivity index (χ0n) is 12.8. The number of rotatable bonds is 7. The average Bonchev–Trinajstić information content (AvgIpc) is 2.60. The molecule has 1 atom stereocenters. The van der Waals surface area contributed by atoms with Gasteiger partial charge in [-0.2, -0.15) is 0 Å². The lowest BCUT2D eigenvalue weighted by atomic mass is 10.1. The summed E-state index contributed by atoms with van der Waals surface area (Å²) >= 11 is 0. The van der Waals surface area contributed by atoms with Crippen molar-refractivity contribution in [3.05, 3.63) is 54.1 Å². The summed E-state index contributed by atoms with van der Waals surface area (Å²) in [5, 5.41) is 23.9. The van der Waals surface area contributed by atoms with Crippen molar-refractivity contribution >= 4 is 17.3 Å². The van der Waals surface area contributed by atoms with Crippen LogP contribution in [0.4, 0.5) is 11.4 Å². The van der Waals surface area contributed by atoms with Gasteiger partial charge in [-0.05, 0) is 30.3 Å². The highest BCUT2D eigenvalue weighted by Gasteiger charge is 2.08. The van der Waals surface area contributed by atoms with Crippen LogP contribution in [0.2, 0.25) is 0 Å². The molecule has 1 amide bonds. The zero-order valence-corrected chi connectivity index (χ0v) is 12.8. The predicted octanol–water partition coefficient (Wildman–Crippen LogP) is 1.71. The Morgan fingerprint density at radius 2 is 1.91 bits per heavy atom. The lowest BCUT2D eigenvalue weighted by Gasteiger charge is -2.11. The third kappa shape index (κ3) is 4.98. The molecule has 0 spiro atoms. The van der Waals surface area contributed by atoms with Crippen LogP contribution in [0.1, 0.15) is 10.4 Å². The molecule has 23 heavy (non-hydrogen) atoms. The van der Waals surface area contributed by atoms with Crippen LogP contribution in [0.3, 0.4) is 0 Å². The van der Waals surface area contributed by atoms with Crippen LogP contribution in [0.15, 0.2) is 48.5 Å². The second-order valence-electron chi connectivity index (χ2n) is 4.98. The summed E-state index contributed by atoms with van der Waals surface area (Å²) in [6.07, 6.45) is -0.843. The summed E-state index contributed by atoms with van der Waals surface area (Å²) in [4.78, 5) is 12.3. The lowest BCUT2D eigenvalue weighted by Crippen LogP contribution is -2.23. The van der Waals surface area contributed by atoms with Gasteiger partial charge in [-0.25, -0.2) is 0 Å². The van der Waals surface area contributed by atoms with Crippen LogP contribution in [-0.4, -0.2) is 42.5 Å². The van der Waals surface area contributed by atoms with Gasteiger partial charge in [0.2, 0.25) is 0 Å². The van der Waals surface area contributed by atoms with Crippen molar-refractivity contribution in [3.8, 4) is 5.75 Å². The number of aliphatic hydroxyl groups is 2. The zero-order chi connectivity index (χ0) is 16.7. The molecular weight excluding hydrogens is 296 g/mol. The van der Waals surface area contributed by atoms with E-state index < -0.39 is 6.10 Å². The molecule has 6 heteroatoms. The fourth-order valence-electron chi connectivity index (χ4n) is 1.97. The Morgan fingerprint density at radius 1 is 1.17 bits per heavy atom. The Hall–Kier alpha value is -2.57. The minimum atomic E-state index is -0.843. The van der Waals surface area contributed by atoms with Crippen LogP contribution >= 0.6 is 0 Å². The van der Waals surface area contributed by atoms with E-state index >= 15 is 0 Å². The molecule has 2 rings (SSSR count). The molecule has 122 valence electrons. The maximum absolute atomic E-state index is 12.3. The summed E-state index contributed by atoms with van der Waals surface area (Å²) < 4.78 is 5.12. The van der Waals surface area contributed by atoms with Crippen molar-refractivity contribution < 1.29 is 19.7 Å². The second kappa shape index (κ2) is 8.17. The molecule has 4 N–H and O–H groups in total. The highest BCUT2D eigenvalue weighted by atomic mass is 16.5. The molecule has 0 heterocycles. The Bertz CT molecular complexity index is 661. The van der Waals surface area contributed by atoms with Gasteiger partial charge in [-0.1, -0.05) is 12.1 Å². The first kappa shape index (κ1) is 16.8. The first-order valence-corrected chi connectivity index (χ1v) is 7.20. The number of carbonyl (C=O) groups excluding carboxylic acids is 1. The summed E-state index contributed by atoms with van der Waals surface area (Å²) in [6.45, 7) is -0.111. The Kier molecular flexibility index (Phi) is 5.96. The molecule has 0 fully saturated rings. The molecule has 1 unspecified atom stereocenters. The van der Waals surface area contributed by atoms with E-state index in [9.17, 15) is 9.90 Å². The number of ether oxygens (including phenoxy) is 1. The molecule has 6 nitrogen and oxygen atoms in total. The summed E-state index contributed by atoms with van der Waals surface area (Å²) in [7, 11) is 1.57. The van der Waals surface area contributed by atoms with Crippen molar-refractivity contribution in [2.24, 2.45) is 0 Å². The Balaban J connectivity index is 2.04. The van der Waals surface area contributed by atoms with E-state index in [1.807, 2.05) is 0 Å². The normalized spacial score (nSPS) is 11.6. The van der Waals surface area contributed by atoms with E-state index in [1.54, 1.807) is 55.6 Å². The van der Waals surface area contributed by atoms with Crippen LogP contribution in [-0.2, 0) is 0 Å². The van der Waals surface area contributed by atoms with Crippen molar-refractivity contribution in [2.45, 2.75) is 6.10 Å². The molecule has 0 aliphatic rings. The van der Waals surface area contributed by atoms with Gasteiger partial charge < -0.3 is 25.6 Å². The quantitative estimate of drug-likeness (QED) is 0.624. The predicted molar refractivity (Wildman–Crippen MR) is 89.0 cm³/mol. The van der Waals surface area contributed by atoms with Gasteiger partial charge in [0.1, 0.15) is 5.75 Å². The number of amides is 1. The topological polar surface area (TPSA) is 90.8 Å². The fraction of sp³-hybridized carbons (Fsp3) is 0.235. The molecular formula is C17H20N2O4. The number of aliphatic hydroxyl groups excluding tert-OH is 2. The van der Waals surface area contributed by atoms with E-state index in [4.69, 9.17) is 9.84 Å². The molecule has 0 saturated carbocycles. The van der Waals surface area contributed by atoms with Gasteiger partial charge in [0.25, 0.3) is 5.91 Å². The average molecular weight is 316 g/mol. The third-order valence-corrected chi connectivity index (χ3v) is 3.20. The second-order valence-corrected chi connectivity index (χ2v) is 4.98. The van der Waals surface area contributed by atoms with Gasteiger partial charge in [-0.3, -0.25) is 4.79 Å². The summed E-state index contributed by atoms with van der Waals surface area (Å²) in [5.41, 5.74) is 1.82. The minimum absolute atomic E-state index is 0.206. The largest absolute Gasteiger partial charge is 0.497 e. The summed E-state index contributed by atoms with van der Waals surface area (Å²) in [6, 6.07) is 14.0. The van der Waals surface area contributed by atoms with Crippen LogP contribution in [0.5, 0.6) is 5.75 Å². The third-order valence-electron chi connectivity index (χ3n) is 3.20. The number of carbonyl (C=O) groups is 1. The molecule has 0 aromatic heterocycles. The van der Waals surface area contributed by atoms with Gasteiger partial charge in [0, 0.05) is 29.5 Å². The number of anilines is 2. The van der Waals surface area contributed by atoms with Gasteiger partial charge in [0.15, 0.2) is 0 Å². The maximum Gasteiger partial charge on any atom is 0.255 e. The molecule has 0 aliphatic carbocycles. The van der Waals surface area contributed by atoms with Crippen LogP contribution < -0.4 is 15.4 Å². The summed E-state index contributed by atoms with van der Waals surface area (Å²) in [5.74, 6) is 0.417. The van der Waals surface area contributed by atoms with Crippen molar-refractivity contribution in [1.82, 2.24) is 0 Å². The number of methoxy groups -OCH3 is 1. The standard InChI is InChI=1S/C17H20N2O4/c1-23-16-7-3-6-14(9-16)19-17(22)12-4-2-5-13(8-12)18-10-15(21)11-20/h2-9,15,18,20-21H,10-11H2,1H3,(H,19,22). The van der Waals surface area contributed by atoms with Crippen molar-refractivity contribution in [2.75, 3.05) is 30.9 Å². The Labute approximate surface area is 134 Å². The Morgan fingerprint density at radius 3 is 2.65 bits per heavy atom. The first-order chi connectivity index (χ1) is 11.1. The molecule has 0 bridgehead atoms. The monoisotopic (exact) mass is 316 g/mol. The highest BCUT2D eigenvalue weighted by Crippen LogP contribution is 2.18. The molecule has 0 radical (unpaired) electrons.